The maximum atomic E-state index is 13.6. The lowest BCUT2D eigenvalue weighted by Gasteiger charge is -2.14. The minimum atomic E-state index is -1.77. The highest BCUT2D eigenvalue weighted by atomic mass is 35.5. The maximum Gasteiger partial charge on any atom is 0.339 e. The fourth-order valence-electron chi connectivity index (χ4n) is 1.92. The highest BCUT2D eigenvalue weighted by Crippen LogP contribution is 2.25. The second-order valence-electron chi connectivity index (χ2n) is 5.18. The number of rotatable bonds is 5. The first kappa shape index (κ1) is 20.2. The molecule has 0 aliphatic rings. The predicted molar refractivity (Wildman–Crippen MR) is 87.9 cm³/mol. The van der Waals surface area contributed by atoms with Crippen LogP contribution in [0.1, 0.15) is 17.3 Å². The summed E-state index contributed by atoms with van der Waals surface area (Å²) >= 11 is 5.63. The number of hydrogen-bond donors (Lipinski definition) is 1. The van der Waals surface area contributed by atoms with Crippen LogP contribution in [0.3, 0.4) is 0 Å². The highest BCUT2D eigenvalue weighted by molar-refractivity contribution is 6.32. The van der Waals surface area contributed by atoms with Gasteiger partial charge in [0, 0.05) is 6.07 Å². The zero-order chi connectivity index (χ0) is 20.3. The van der Waals surface area contributed by atoms with Crippen molar-refractivity contribution < 1.29 is 32.4 Å². The number of esters is 1. The van der Waals surface area contributed by atoms with E-state index < -0.39 is 51.7 Å². The number of carbonyl (C=O) groups is 2. The Hall–Kier alpha value is -3.14. The molecule has 0 heterocycles. The summed E-state index contributed by atoms with van der Waals surface area (Å²) in [6.45, 7) is 1.13. The monoisotopic (exact) mass is 402 g/mol. The fraction of sp³-hybridized carbons (Fsp3) is 0.125. The van der Waals surface area contributed by atoms with E-state index in [0.717, 1.165) is 31.2 Å². The second kappa shape index (κ2) is 8.04. The van der Waals surface area contributed by atoms with Crippen molar-refractivity contribution in [2.75, 3.05) is 5.32 Å². The Morgan fingerprint density at radius 3 is 2.48 bits per heavy atom. The van der Waals surface area contributed by atoms with Crippen molar-refractivity contribution >= 4 is 34.9 Å². The molecule has 142 valence electrons. The second-order valence-corrected chi connectivity index (χ2v) is 5.59. The summed E-state index contributed by atoms with van der Waals surface area (Å²) < 4.78 is 44.4. The van der Waals surface area contributed by atoms with Crippen LogP contribution in [0.25, 0.3) is 0 Å². The number of nitro benzene ring substituents is 1. The minimum absolute atomic E-state index is 0.198. The van der Waals surface area contributed by atoms with Gasteiger partial charge in [-0.3, -0.25) is 14.9 Å². The first-order valence-corrected chi connectivity index (χ1v) is 7.59. The van der Waals surface area contributed by atoms with Gasteiger partial charge in [0.25, 0.3) is 11.6 Å². The number of halogens is 4. The van der Waals surface area contributed by atoms with Gasteiger partial charge >= 0.3 is 5.97 Å². The van der Waals surface area contributed by atoms with Crippen molar-refractivity contribution in [1.82, 2.24) is 0 Å². The van der Waals surface area contributed by atoms with Gasteiger partial charge < -0.3 is 10.1 Å². The van der Waals surface area contributed by atoms with E-state index in [-0.39, 0.29) is 10.6 Å². The summed E-state index contributed by atoms with van der Waals surface area (Å²) in [5, 5.41) is 12.6. The molecule has 0 aliphatic carbocycles. The van der Waals surface area contributed by atoms with Gasteiger partial charge in [-0.15, -0.1) is 0 Å². The smallest absolute Gasteiger partial charge is 0.339 e. The largest absolute Gasteiger partial charge is 0.449 e. The molecule has 11 heteroatoms. The first-order valence-electron chi connectivity index (χ1n) is 7.21. The van der Waals surface area contributed by atoms with E-state index in [1.54, 1.807) is 0 Å². The molecule has 1 atom stereocenters. The van der Waals surface area contributed by atoms with Crippen LogP contribution in [0, 0.1) is 27.6 Å². The summed E-state index contributed by atoms with van der Waals surface area (Å²) in [5.74, 6) is -6.93. The number of anilines is 1. The molecule has 1 N–H and O–H groups in total. The van der Waals surface area contributed by atoms with Gasteiger partial charge in [-0.1, -0.05) is 11.6 Å². The van der Waals surface area contributed by atoms with E-state index in [1.165, 1.54) is 0 Å². The molecule has 0 saturated carbocycles. The van der Waals surface area contributed by atoms with Crippen LogP contribution in [0.4, 0.5) is 24.5 Å². The molecule has 2 aromatic rings. The summed E-state index contributed by atoms with van der Waals surface area (Å²) in [6, 6.07) is 4.53. The lowest BCUT2D eigenvalue weighted by atomic mass is 10.2. The van der Waals surface area contributed by atoms with Gasteiger partial charge in [0.2, 0.25) is 0 Å². The molecule has 0 aromatic heterocycles. The third-order valence-electron chi connectivity index (χ3n) is 3.32. The third-order valence-corrected chi connectivity index (χ3v) is 3.64. The van der Waals surface area contributed by atoms with Gasteiger partial charge in [-0.05, 0) is 31.2 Å². The average molecular weight is 403 g/mol. The normalized spacial score (nSPS) is 11.6. The van der Waals surface area contributed by atoms with Crippen molar-refractivity contribution in [3.05, 3.63) is 68.5 Å². The zero-order valence-corrected chi connectivity index (χ0v) is 14.2. The minimum Gasteiger partial charge on any atom is -0.449 e. The Morgan fingerprint density at radius 2 is 1.85 bits per heavy atom. The Kier molecular flexibility index (Phi) is 6.01. The summed E-state index contributed by atoms with van der Waals surface area (Å²) in [6.07, 6.45) is -1.47. The number of nitrogens with zero attached hydrogens (tertiary/aromatic N) is 1. The lowest BCUT2D eigenvalue weighted by Crippen LogP contribution is -2.30. The van der Waals surface area contributed by atoms with E-state index in [9.17, 15) is 32.9 Å². The number of amides is 1. The van der Waals surface area contributed by atoms with Crippen molar-refractivity contribution in [3.8, 4) is 0 Å². The molecule has 0 spiro atoms. The Balaban J connectivity index is 2.10. The molecule has 0 radical (unpaired) electrons. The fourth-order valence-corrected chi connectivity index (χ4v) is 2.11. The number of nitrogens with one attached hydrogen (secondary N) is 1. The van der Waals surface area contributed by atoms with Crippen molar-refractivity contribution in [2.45, 2.75) is 13.0 Å². The van der Waals surface area contributed by atoms with Crippen LogP contribution >= 0.6 is 11.6 Å². The molecule has 2 rings (SSSR count). The van der Waals surface area contributed by atoms with Crippen LogP contribution in [0.15, 0.2) is 30.3 Å². The molecular formula is C16H10ClF3N2O5. The van der Waals surface area contributed by atoms with E-state index in [2.05, 4.69) is 0 Å². The highest BCUT2D eigenvalue weighted by Gasteiger charge is 2.23. The molecular weight excluding hydrogens is 393 g/mol. The average Bonchev–Trinajstić information content (AvgIpc) is 2.62. The van der Waals surface area contributed by atoms with Crippen molar-refractivity contribution in [1.29, 1.82) is 0 Å². The van der Waals surface area contributed by atoms with Crippen LogP contribution in [-0.4, -0.2) is 22.9 Å². The number of hydrogen-bond acceptors (Lipinski definition) is 5. The zero-order valence-electron chi connectivity index (χ0n) is 13.5. The first-order chi connectivity index (χ1) is 12.6. The number of benzene rings is 2. The molecule has 0 unspecified atom stereocenters. The van der Waals surface area contributed by atoms with Crippen molar-refractivity contribution in [2.24, 2.45) is 0 Å². The SMILES string of the molecule is C[C@H](OC(=O)c1ccc(Cl)c([N+](=O)[O-])c1)C(=O)Nc1ccc(F)c(F)c1F. The molecule has 0 saturated heterocycles. The van der Waals surface area contributed by atoms with Gasteiger partial charge in [0.05, 0.1) is 16.2 Å². The topological polar surface area (TPSA) is 98.5 Å². The summed E-state index contributed by atoms with van der Waals surface area (Å²) in [7, 11) is 0. The maximum absolute atomic E-state index is 13.6. The molecule has 0 aliphatic heterocycles. The van der Waals surface area contributed by atoms with E-state index in [0.29, 0.717) is 6.07 Å². The van der Waals surface area contributed by atoms with Gasteiger partial charge in [0.1, 0.15) is 5.02 Å². The standard InChI is InChI=1S/C16H10ClF3N2O5/c1-7(15(23)21-11-5-4-10(18)13(19)14(11)20)27-16(24)8-2-3-9(17)12(6-8)22(25)26/h2-7H,1H3,(H,21,23)/t7-/m0/s1. The Morgan fingerprint density at radius 1 is 1.19 bits per heavy atom. The molecule has 1 amide bonds. The number of carbonyl (C=O) groups excluding carboxylic acids is 2. The van der Waals surface area contributed by atoms with Crippen LogP contribution in [-0.2, 0) is 9.53 Å². The molecule has 27 heavy (non-hydrogen) atoms. The number of nitro groups is 1. The van der Waals surface area contributed by atoms with E-state index in [4.69, 9.17) is 16.3 Å². The van der Waals surface area contributed by atoms with E-state index in [1.807, 2.05) is 5.32 Å². The molecule has 2 aromatic carbocycles. The Bertz CT molecular complexity index is 939. The third kappa shape index (κ3) is 4.53. The summed E-state index contributed by atoms with van der Waals surface area (Å²) in [4.78, 5) is 34.0. The molecule has 0 bridgehead atoms. The van der Waals surface area contributed by atoms with Crippen LogP contribution < -0.4 is 5.32 Å². The number of ether oxygens (including phenoxy) is 1. The van der Waals surface area contributed by atoms with Gasteiger partial charge in [-0.2, -0.15) is 0 Å². The van der Waals surface area contributed by atoms with Crippen LogP contribution in [0.5, 0.6) is 0 Å². The van der Waals surface area contributed by atoms with Crippen LogP contribution in [0.2, 0.25) is 5.02 Å². The quantitative estimate of drug-likeness (QED) is 0.354. The van der Waals surface area contributed by atoms with Crippen molar-refractivity contribution in [3.63, 3.8) is 0 Å². The van der Waals surface area contributed by atoms with Gasteiger partial charge in [-0.25, -0.2) is 18.0 Å². The molecule has 0 fully saturated rings. The Labute approximate surface area is 154 Å². The summed E-state index contributed by atoms with van der Waals surface area (Å²) in [5.41, 5.74) is -1.43. The predicted octanol–water partition coefficient (Wildman–Crippen LogP) is 3.85. The van der Waals surface area contributed by atoms with E-state index >= 15 is 0 Å². The lowest BCUT2D eigenvalue weighted by molar-refractivity contribution is -0.384. The molecule has 7 nitrogen and oxygen atoms in total. The van der Waals surface area contributed by atoms with Gasteiger partial charge in [0.15, 0.2) is 23.6 Å².